The molecule has 0 saturated heterocycles. The molecule has 0 heterocycles. The van der Waals surface area contributed by atoms with Crippen molar-refractivity contribution in [1.29, 1.82) is 0 Å². The monoisotopic (exact) mass is 308 g/mol. The van der Waals surface area contributed by atoms with Crippen LogP contribution in [0.1, 0.15) is 21.5 Å². The number of nitrogen functional groups attached to an aromatic ring is 1. The predicted molar refractivity (Wildman–Crippen MR) is 84.7 cm³/mol. The summed E-state index contributed by atoms with van der Waals surface area (Å²) >= 11 is 12.1. The molecular formula is C15H14Cl2N2O. The highest BCUT2D eigenvalue weighted by Gasteiger charge is 2.11. The molecule has 5 heteroatoms. The lowest BCUT2D eigenvalue weighted by Crippen LogP contribution is -2.13. The summed E-state index contributed by atoms with van der Waals surface area (Å²) in [4.78, 5) is 12.2. The molecule has 0 saturated carbocycles. The molecular weight excluding hydrogens is 295 g/mol. The van der Waals surface area contributed by atoms with Crippen LogP contribution in [0.2, 0.25) is 10.0 Å². The molecule has 0 spiro atoms. The average molecular weight is 309 g/mol. The van der Waals surface area contributed by atoms with Gasteiger partial charge in [0, 0.05) is 16.3 Å². The normalized spacial score (nSPS) is 10.4. The maximum Gasteiger partial charge on any atom is 0.255 e. The molecule has 1 amide bonds. The number of hydrogen-bond acceptors (Lipinski definition) is 2. The zero-order valence-corrected chi connectivity index (χ0v) is 12.6. The minimum atomic E-state index is -0.279. The molecule has 0 atom stereocenters. The van der Waals surface area contributed by atoms with Crippen molar-refractivity contribution in [1.82, 2.24) is 0 Å². The van der Waals surface area contributed by atoms with Crippen LogP contribution in [0, 0.1) is 13.8 Å². The quantitative estimate of drug-likeness (QED) is 0.806. The van der Waals surface area contributed by atoms with Crippen LogP contribution in [-0.2, 0) is 0 Å². The molecule has 0 radical (unpaired) electrons. The van der Waals surface area contributed by atoms with E-state index in [1.54, 1.807) is 30.3 Å². The molecule has 20 heavy (non-hydrogen) atoms. The average Bonchev–Trinajstić information content (AvgIpc) is 2.39. The summed E-state index contributed by atoms with van der Waals surface area (Å²) in [6.07, 6.45) is 0. The molecule has 0 bridgehead atoms. The van der Waals surface area contributed by atoms with Crippen LogP contribution in [0.4, 0.5) is 11.4 Å². The highest BCUT2D eigenvalue weighted by molar-refractivity contribution is 6.36. The smallest absolute Gasteiger partial charge is 0.255 e. The summed E-state index contributed by atoms with van der Waals surface area (Å²) in [6.45, 7) is 3.73. The van der Waals surface area contributed by atoms with Gasteiger partial charge in [-0.25, -0.2) is 0 Å². The van der Waals surface area contributed by atoms with Crippen LogP contribution in [0.25, 0.3) is 0 Å². The van der Waals surface area contributed by atoms with E-state index in [4.69, 9.17) is 28.9 Å². The number of halogens is 2. The number of amides is 1. The Balaban J connectivity index is 2.27. The van der Waals surface area contributed by atoms with Crippen molar-refractivity contribution in [3.05, 3.63) is 57.1 Å². The van der Waals surface area contributed by atoms with Gasteiger partial charge in [-0.1, -0.05) is 29.3 Å². The van der Waals surface area contributed by atoms with Gasteiger partial charge in [-0.15, -0.1) is 0 Å². The molecule has 3 N–H and O–H groups in total. The number of hydrogen-bond donors (Lipinski definition) is 2. The van der Waals surface area contributed by atoms with E-state index in [1.807, 2.05) is 13.8 Å². The van der Waals surface area contributed by atoms with Gasteiger partial charge in [0.05, 0.1) is 10.7 Å². The van der Waals surface area contributed by atoms with Gasteiger partial charge < -0.3 is 11.1 Å². The molecule has 0 aliphatic carbocycles. The minimum absolute atomic E-state index is 0.279. The first-order valence-corrected chi connectivity index (χ1v) is 6.77. The number of carbonyl (C=O) groups is 1. The Morgan fingerprint density at radius 3 is 2.40 bits per heavy atom. The fourth-order valence-electron chi connectivity index (χ4n) is 1.72. The Labute approximate surface area is 127 Å². The number of nitrogens with two attached hydrogens (primary N) is 1. The van der Waals surface area contributed by atoms with Crippen molar-refractivity contribution in [3.63, 3.8) is 0 Å². The first-order valence-electron chi connectivity index (χ1n) is 6.01. The predicted octanol–water partition coefficient (Wildman–Crippen LogP) is 4.44. The molecule has 104 valence electrons. The number of carbonyl (C=O) groups excluding carboxylic acids is 1. The van der Waals surface area contributed by atoms with Crippen LogP contribution in [0.3, 0.4) is 0 Å². The lowest BCUT2D eigenvalue weighted by atomic mass is 10.1. The second kappa shape index (κ2) is 5.73. The number of nitrogens with one attached hydrogen (secondary N) is 1. The first-order chi connectivity index (χ1) is 9.38. The van der Waals surface area contributed by atoms with Crippen LogP contribution in [-0.4, -0.2) is 5.91 Å². The largest absolute Gasteiger partial charge is 0.398 e. The Bertz CT molecular complexity index is 684. The first kappa shape index (κ1) is 14.7. The molecule has 3 nitrogen and oxygen atoms in total. The van der Waals surface area contributed by atoms with Crippen molar-refractivity contribution in [2.24, 2.45) is 0 Å². The van der Waals surface area contributed by atoms with Crippen molar-refractivity contribution < 1.29 is 4.79 Å². The second-order valence-corrected chi connectivity index (χ2v) is 5.42. The Morgan fingerprint density at radius 1 is 1.05 bits per heavy atom. The van der Waals surface area contributed by atoms with Gasteiger partial charge in [0.25, 0.3) is 5.91 Å². The second-order valence-electron chi connectivity index (χ2n) is 4.61. The Hall–Kier alpha value is -1.71. The summed E-state index contributed by atoms with van der Waals surface area (Å²) in [5.41, 5.74) is 9.11. The van der Waals surface area contributed by atoms with Crippen molar-refractivity contribution in [2.45, 2.75) is 13.8 Å². The van der Waals surface area contributed by atoms with Crippen molar-refractivity contribution in [2.75, 3.05) is 11.1 Å². The Kier molecular flexibility index (Phi) is 4.21. The zero-order chi connectivity index (χ0) is 14.9. The van der Waals surface area contributed by atoms with E-state index in [2.05, 4.69) is 5.32 Å². The summed E-state index contributed by atoms with van der Waals surface area (Å²) in [5.74, 6) is -0.279. The molecule has 0 aromatic heterocycles. The topological polar surface area (TPSA) is 55.1 Å². The maximum atomic E-state index is 12.2. The van der Waals surface area contributed by atoms with Gasteiger partial charge >= 0.3 is 0 Å². The van der Waals surface area contributed by atoms with Gasteiger partial charge in [-0.3, -0.25) is 4.79 Å². The zero-order valence-electron chi connectivity index (χ0n) is 11.1. The summed E-state index contributed by atoms with van der Waals surface area (Å²) < 4.78 is 0. The summed E-state index contributed by atoms with van der Waals surface area (Å²) in [7, 11) is 0. The van der Waals surface area contributed by atoms with Crippen LogP contribution in [0.15, 0.2) is 30.3 Å². The fourth-order valence-corrected chi connectivity index (χ4v) is 2.15. The van der Waals surface area contributed by atoms with Gasteiger partial charge in [0.2, 0.25) is 0 Å². The summed E-state index contributed by atoms with van der Waals surface area (Å²) in [5, 5.41) is 3.72. The van der Waals surface area contributed by atoms with Gasteiger partial charge in [0.15, 0.2) is 0 Å². The third kappa shape index (κ3) is 3.06. The van der Waals surface area contributed by atoms with Crippen LogP contribution >= 0.6 is 23.2 Å². The van der Waals surface area contributed by atoms with E-state index in [0.717, 1.165) is 11.1 Å². The van der Waals surface area contributed by atoms with Gasteiger partial charge in [0.1, 0.15) is 0 Å². The van der Waals surface area contributed by atoms with E-state index < -0.39 is 0 Å². The van der Waals surface area contributed by atoms with Crippen LogP contribution < -0.4 is 11.1 Å². The highest BCUT2D eigenvalue weighted by Crippen LogP contribution is 2.29. The Morgan fingerprint density at radius 2 is 1.75 bits per heavy atom. The fraction of sp³-hybridized carbons (Fsp3) is 0.133. The molecule has 0 aliphatic rings. The standard InChI is InChI=1S/C15H14Cl2N2O/c1-8-3-4-10(6-13(8)18)15(20)19-14-7-11(16)9(2)5-12(14)17/h3-7H,18H2,1-2H3,(H,19,20). The van der Waals surface area contributed by atoms with E-state index in [9.17, 15) is 4.79 Å². The molecule has 2 aromatic rings. The van der Waals surface area contributed by atoms with Gasteiger partial charge in [-0.2, -0.15) is 0 Å². The summed E-state index contributed by atoms with van der Waals surface area (Å²) in [6, 6.07) is 8.49. The third-order valence-corrected chi connectivity index (χ3v) is 3.76. The van der Waals surface area contributed by atoms with Gasteiger partial charge in [-0.05, 0) is 49.2 Å². The third-order valence-electron chi connectivity index (χ3n) is 3.04. The maximum absolute atomic E-state index is 12.2. The highest BCUT2D eigenvalue weighted by atomic mass is 35.5. The number of benzene rings is 2. The molecule has 0 unspecified atom stereocenters. The number of aryl methyl sites for hydroxylation is 2. The molecule has 2 rings (SSSR count). The lowest BCUT2D eigenvalue weighted by molar-refractivity contribution is 0.102. The SMILES string of the molecule is Cc1ccc(C(=O)Nc2cc(Cl)c(C)cc2Cl)cc1N. The minimum Gasteiger partial charge on any atom is -0.398 e. The lowest BCUT2D eigenvalue weighted by Gasteiger charge is -2.10. The number of anilines is 2. The van der Waals surface area contributed by atoms with E-state index in [0.29, 0.717) is 27.0 Å². The van der Waals surface area contributed by atoms with Crippen molar-refractivity contribution >= 4 is 40.5 Å². The molecule has 2 aromatic carbocycles. The van der Waals surface area contributed by atoms with E-state index in [1.165, 1.54) is 0 Å². The van der Waals surface area contributed by atoms with Crippen molar-refractivity contribution in [3.8, 4) is 0 Å². The van der Waals surface area contributed by atoms with E-state index >= 15 is 0 Å². The number of rotatable bonds is 2. The van der Waals surface area contributed by atoms with E-state index in [-0.39, 0.29) is 5.91 Å². The molecule has 0 fully saturated rings. The molecule has 0 aliphatic heterocycles. The van der Waals surface area contributed by atoms with Crippen LogP contribution in [0.5, 0.6) is 0 Å².